The van der Waals surface area contributed by atoms with E-state index >= 15 is 0 Å². The summed E-state index contributed by atoms with van der Waals surface area (Å²) < 4.78 is 44.9. The number of fused-ring (bicyclic) bond motifs is 1. The minimum atomic E-state index is -4.73. The molecule has 0 radical (unpaired) electrons. The number of nitrogens with zero attached hydrogens (tertiary/aromatic N) is 4. The number of piperidine rings is 1. The Kier molecular flexibility index (Phi) is 8.29. The highest BCUT2D eigenvalue weighted by Gasteiger charge is 2.38. The van der Waals surface area contributed by atoms with Crippen LogP contribution in [0.1, 0.15) is 18.4 Å². The van der Waals surface area contributed by atoms with Crippen molar-refractivity contribution < 1.29 is 32.9 Å². The zero-order chi connectivity index (χ0) is 29.9. The van der Waals surface area contributed by atoms with Crippen molar-refractivity contribution in [3.8, 4) is 22.9 Å². The minimum Gasteiger partial charge on any atom is -0.465 e. The first-order valence-electron chi connectivity index (χ1n) is 13.3. The van der Waals surface area contributed by atoms with Crippen molar-refractivity contribution in [3.63, 3.8) is 0 Å². The summed E-state index contributed by atoms with van der Waals surface area (Å²) in [5, 5.41) is 25.9. The smallest absolute Gasteiger partial charge is 0.416 e. The molecule has 4 aromatic rings. The molecule has 0 bridgehead atoms. The second kappa shape index (κ2) is 12.1. The first-order valence-corrected chi connectivity index (χ1v) is 13.3. The van der Waals surface area contributed by atoms with Crippen LogP contribution in [0, 0.1) is 6.92 Å². The third-order valence-electron chi connectivity index (χ3n) is 7.00. The number of aromatic nitrogens is 3. The van der Waals surface area contributed by atoms with Gasteiger partial charge in [0.25, 0.3) is 0 Å². The van der Waals surface area contributed by atoms with Gasteiger partial charge in [-0.25, -0.2) is 19.7 Å². The van der Waals surface area contributed by atoms with Crippen molar-refractivity contribution >= 4 is 28.5 Å². The largest absolute Gasteiger partial charge is 0.465 e. The summed E-state index contributed by atoms with van der Waals surface area (Å²) in [5.74, 6) is 1.08. The maximum Gasteiger partial charge on any atom is 0.416 e. The quantitative estimate of drug-likeness (QED) is 0.207. The van der Waals surface area contributed by atoms with Crippen molar-refractivity contribution in [1.29, 1.82) is 0 Å². The number of halogens is 3. The van der Waals surface area contributed by atoms with E-state index in [0.29, 0.717) is 52.5 Å². The average molecular weight is 583 g/mol. The molecule has 1 unspecified atom stereocenters. The molecular weight excluding hydrogens is 553 g/mol. The molecule has 0 saturated carbocycles. The van der Waals surface area contributed by atoms with Gasteiger partial charge in [0, 0.05) is 54.5 Å². The number of carboxylic acid groups (broad SMARTS) is 1. The lowest BCUT2D eigenvalue weighted by molar-refractivity contribution is -0.198. The Labute approximate surface area is 239 Å². The zero-order valence-corrected chi connectivity index (χ0v) is 22.6. The van der Waals surface area contributed by atoms with E-state index < -0.39 is 24.9 Å². The number of aliphatic hydroxyl groups excluding tert-OH is 1. The molecule has 1 fully saturated rings. The van der Waals surface area contributed by atoms with Crippen LogP contribution in [0.3, 0.4) is 0 Å². The number of hydrogen-bond acceptors (Lipinski definition) is 8. The lowest BCUT2D eigenvalue weighted by atomic mass is 10.0. The number of aliphatic hydroxyl groups is 1. The molecule has 5 rings (SSSR count). The van der Waals surface area contributed by atoms with Gasteiger partial charge in [0.2, 0.25) is 11.8 Å². The Bertz CT molecular complexity index is 1590. The molecule has 10 nitrogen and oxygen atoms in total. The van der Waals surface area contributed by atoms with Crippen molar-refractivity contribution in [1.82, 2.24) is 19.9 Å². The first-order chi connectivity index (χ1) is 20.1. The highest BCUT2D eigenvalue weighted by atomic mass is 19.4. The Hall–Kier alpha value is -4.65. The lowest BCUT2D eigenvalue weighted by Gasteiger charge is -2.31. The molecule has 4 N–H and O–H groups in total. The maximum atomic E-state index is 12.8. The number of nitrogens with one attached hydrogen (secondary N) is 2. The standard InChI is InChI=1S/C29H29F3N6O4/c1-17-9-10-19-20(6-2-8-22(19)35-15-24(39)29(30,31)32)25(17)42-26-21(7-3-12-33-26)23-11-13-34-27(37-23)36-18-5-4-14-38(16-18)28(40)41/h2-3,6-13,18,24,35,39H,4-5,14-16H2,1H3,(H,40,41)(H,34,36,37)/t18?,24-/m1/s1. The Morgan fingerprint density at radius 1 is 1.12 bits per heavy atom. The van der Waals surface area contributed by atoms with Gasteiger partial charge in [-0.15, -0.1) is 0 Å². The van der Waals surface area contributed by atoms with Crippen molar-refractivity contribution in [2.75, 3.05) is 30.3 Å². The van der Waals surface area contributed by atoms with Crippen LogP contribution in [0.2, 0.25) is 0 Å². The third kappa shape index (κ3) is 6.46. The average Bonchev–Trinajstić information content (AvgIpc) is 2.97. The van der Waals surface area contributed by atoms with E-state index in [-0.39, 0.29) is 11.9 Å². The number of hydrogen-bond donors (Lipinski definition) is 4. The number of rotatable bonds is 8. The van der Waals surface area contributed by atoms with E-state index in [4.69, 9.17) is 4.74 Å². The number of benzene rings is 2. The molecule has 2 aromatic heterocycles. The van der Waals surface area contributed by atoms with Crippen LogP contribution in [0.25, 0.3) is 22.0 Å². The highest BCUT2D eigenvalue weighted by molar-refractivity contribution is 5.98. The predicted octanol–water partition coefficient (Wildman–Crippen LogP) is 5.68. The van der Waals surface area contributed by atoms with E-state index in [1.807, 2.05) is 6.92 Å². The van der Waals surface area contributed by atoms with E-state index in [9.17, 15) is 28.2 Å². The molecule has 42 heavy (non-hydrogen) atoms. The van der Waals surface area contributed by atoms with Gasteiger partial charge in [-0.2, -0.15) is 13.2 Å². The van der Waals surface area contributed by atoms with Crippen molar-refractivity contribution in [3.05, 3.63) is 66.5 Å². The summed E-state index contributed by atoms with van der Waals surface area (Å²) in [5.41, 5.74) is 2.30. The number of ether oxygens (including phenoxy) is 1. The number of likely N-dealkylation sites (tertiary alicyclic amines) is 1. The molecule has 220 valence electrons. The normalized spacial score (nSPS) is 16.2. The van der Waals surface area contributed by atoms with Gasteiger partial charge in [0.05, 0.1) is 11.3 Å². The van der Waals surface area contributed by atoms with Gasteiger partial charge in [0.15, 0.2) is 6.10 Å². The van der Waals surface area contributed by atoms with Gasteiger partial charge in [-0.3, -0.25) is 0 Å². The minimum absolute atomic E-state index is 0.131. The molecule has 3 heterocycles. The molecule has 1 aliphatic heterocycles. The van der Waals surface area contributed by atoms with Gasteiger partial charge in [-0.05, 0) is 49.6 Å². The topological polar surface area (TPSA) is 133 Å². The number of aryl methyl sites for hydroxylation is 1. The van der Waals surface area contributed by atoms with Crippen LogP contribution in [0.15, 0.2) is 60.9 Å². The molecule has 1 amide bonds. The fraction of sp³-hybridized carbons (Fsp3) is 0.310. The number of alkyl halides is 3. The van der Waals surface area contributed by atoms with Crippen LogP contribution in [0.5, 0.6) is 11.6 Å². The Balaban J connectivity index is 1.42. The molecule has 0 aliphatic carbocycles. The number of pyridine rings is 1. The maximum absolute atomic E-state index is 12.8. The number of carbonyl (C=O) groups is 1. The van der Waals surface area contributed by atoms with Crippen LogP contribution in [0.4, 0.5) is 29.6 Å². The second-order valence-electron chi connectivity index (χ2n) is 9.99. The number of anilines is 2. The summed E-state index contributed by atoms with van der Waals surface area (Å²) >= 11 is 0. The van der Waals surface area contributed by atoms with Gasteiger partial charge >= 0.3 is 12.3 Å². The van der Waals surface area contributed by atoms with E-state index in [0.717, 1.165) is 18.4 Å². The van der Waals surface area contributed by atoms with Gasteiger partial charge < -0.3 is 30.5 Å². The monoisotopic (exact) mass is 582 g/mol. The summed E-state index contributed by atoms with van der Waals surface area (Å²) in [7, 11) is 0. The first kappa shape index (κ1) is 28.9. The van der Waals surface area contributed by atoms with E-state index in [2.05, 4.69) is 25.6 Å². The van der Waals surface area contributed by atoms with Crippen LogP contribution >= 0.6 is 0 Å². The molecule has 2 atom stereocenters. The molecule has 13 heteroatoms. The van der Waals surface area contributed by atoms with E-state index in [1.54, 1.807) is 60.9 Å². The lowest BCUT2D eigenvalue weighted by Crippen LogP contribution is -2.44. The molecule has 2 aromatic carbocycles. The van der Waals surface area contributed by atoms with Crippen LogP contribution in [-0.2, 0) is 0 Å². The molecular formula is C29H29F3N6O4. The summed E-state index contributed by atoms with van der Waals surface area (Å²) in [6.45, 7) is 1.97. The fourth-order valence-corrected chi connectivity index (χ4v) is 4.84. The highest BCUT2D eigenvalue weighted by Crippen LogP contribution is 2.38. The van der Waals surface area contributed by atoms with Crippen LogP contribution in [-0.4, -0.2) is 74.1 Å². The predicted molar refractivity (Wildman–Crippen MR) is 151 cm³/mol. The van der Waals surface area contributed by atoms with Crippen molar-refractivity contribution in [2.45, 2.75) is 38.1 Å². The second-order valence-corrected chi connectivity index (χ2v) is 9.99. The third-order valence-corrected chi connectivity index (χ3v) is 7.00. The van der Waals surface area contributed by atoms with Gasteiger partial charge in [-0.1, -0.05) is 24.3 Å². The Morgan fingerprint density at radius 2 is 1.95 bits per heavy atom. The number of amides is 1. The Morgan fingerprint density at radius 3 is 2.74 bits per heavy atom. The van der Waals surface area contributed by atoms with Crippen LogP contribution < -0.4 is 15.4 Å². The fourth-order valence-electron chi connectivity index (χ4n) is 4.84. The molecule has 1 aliphatic rings. The summed E-state index contributed by atoms with van der Waals surface area (Å²) in [4.78, 5) is 26.1. The summed E-state index contributed by atoms with van der Waals surface area (Å²) in [6.07, 6.45) is -3.52. The van der Waals surface area contributed by atoms with Gasteiger partial charge in [0.1, 0.15) is 5.75 Å². The van der Waals surface area contributed by atoms with E-state index in [1.165, 1.54) is 4.90 Å². The molecule has 0 spiro atoms. The summed E-state index contributed by atoms with van der Waals surface area (Å²) in [6, 6.07) is 13.8. The zero-order valence-electron chi connectivity index (χ0n) is 22.6. The SMILES string of the molecule is Cc1ccc2c(NC[C@@H](O)C(F)(F)F)cccc2c1Oc1ncccc1-c1ccnc(NC2CCCN(C(=O)O)C2)n1. The molecule has 1 saturated heterocycles. The van der Waals surface area contributed by atoms with Crippen molar-refractivity contribution in [2.24, 2.45) is 0 Å².